The number of nitrogens with zero attached hydrogens (tertiary/aromatic N) is 2. The SMILES string of the molecule is C#CCO[C@@]1(C)C[C@@H](C)C(=O)C2(C)CN(CC=C)C3C(=O)O[C@@](C)(C32)[C@@H](CC)OC(=O)[C@H](C)C(=O)[C@H](C)[C@H]1O[C@@H]1O[C@H](C)C[C@H](N(C)C)[C@H]1O. The highest BCUT2D eigenvalue weighted by Gasteiger charge is 2.71. The summed E-state index contributed by atoms with van der Waals surface area (Å²) in [6.45, 7) is 18.3. The molecule has 1 N–H and O–H groups in total. The summed E-state index contributed by atoms with van der Waals surface area (Å²) in [6.07, 6.45) is 3.72. The van der Waals surface area contributed by atoms with Crippen molar-refractivity contribution in [3.05, 3.63) is 12.7 Å². The molecule has 4 aliphatic rings. The lowest BCUT2D eigenvalue weighted by Crippen LogP contribution is -2.60. The van der Waals surface area contributed by atoms with Crippen LogP contribution in [0.2, 0.25) is 0 Å². The molecule has 4 aliphatic heterocycles. The van der Waals surface area contributed by atoms with Crippen molar-refractivity contribution >= 4 is 23.5 Å². The van der Waals surface area contributed by atoms with Crippen molar-refractivity contribution in [2.45, 2.75) is 129 Å². The predicted octanol–water partition coefficient (Wildman–Crippen LogP) is 2.79. The van der Waals surface area contributed by atoms with Gasteiger partial charge in [-0.25, -0.2) is 0 Å². The Morgan fingerprint density at radius 3 is 2.36 bits per heavy atom. The first-order valence-electron chi connectivity index (χ1n) is 17.9. The Bertz CT molecular complexity index is 1360. The second-order valence-electron chi connectivity index (χ2n) is 15.8. The molecule has 12 nitrogen and oxygen atoms in total. The fourth-order valence-corrected chi connectivity index (χ4v) is 9.42. The summed E-state index contributed by atoms with van der Waals surface area (Å²) in [5.41, 5.74) is -3.85. The number of terminal acetylenes is 1. The van der Waals surface area contributed by atoms with Gasteiger partial charge >= 0.3 is 11.9 Å². The van der Waals surface area contributed by atoms with Crippen molar-refractivity contribution < 1.29 is 48.0 Å². The molecule has 0 amide bonds. The van der Waals surface area contributed by atoms with Gasteiger partial charge in [-0.3, -0.25) is 24.1 Å². The van der Waals surface area contributed by atoms with Crippen molar-refractivity contribution in [1.82, 2.24) is 9.80 Å². The number of esters is 2. The van der Waals surface area contributed by atoms with Crippen LogP contribution in [0.3, 0.4) is 0 Å². The number of cyclic esters (lactones) is 1. The maximum atomic E-state index is 15.0. The molecule has 0 spiro atoms. The number of likely N-dealkylation sites (N-methyl/N-ethyl adjacent to an activating group) is 1. The van der Waals surface area contributed by atoms with E-state index < -0.39 is 88.7 Å². The molecule has 12 heteroatoms. The summed E-state index contributed by atoms with van der Waals surface area (Å²) in [5.74, 6) is -3.01. The van der Waals surface area contributed by atoms with Gasteiger partial charge < -0.3 is 33.7 Å². The second kappa shape index (κ2) is 15.1. The lowest BCUT2D eigenvalue weighted by atomic mass is 9.62. The monoisotopic (exact) mass is 702 g/mol. The number of hydrogen-bond donors (Lipinski definition) is 1. The number of hydrogen-bond acceptors (Lipinski definition) is 12. The number of carbonyl (C=O) groups excluding carboxylic acids is 4. The third kappa shape index (κ3) is 7.06. The van der Waals surface area contributed by atoms with E-state index in [9.17, 15) is 24.3 Å². The van der Waals surface area contributed by atoms with Gasteiger partial charge in [0.05, 0.1) is 17.8 Å². The number of ether oxygens (including phenoxy) is 5. The zero-order chi connectivity index (χ0) is 37.5. The quantitative estimate of drug-likeness (QED) is 0.172. The first-order chi connectivity index (χ1) is 23.3. The Morgan fingerprint density at radius 2 is 1.78 bits per heavy atom. The molecule has 4 rings (SSSR count). The lowest BCUT2D eigenvalue weighted by Gasteiger charge is -2.48. The molecule has 50 heavy (non-hydrogen) atoms. The van der Waals surface area contributed by atoms with Crippen LogP contribution < -0.4 is 0 Å². The summed E-state index contributed by atoms with van der Waals surface area (Å²) in [6, 6.07) is -1.07. The van der Waals surface area contributed by atoms with E-state index in [1.807, 2.05) is 44.7 Å². The molecule has 3 unspecified atom stereocenters. The van der Waals surface area contributed by atoms with Gasteiger partial charge in [0.2, 0.25) is 0 Å². The van der Waals surface area contributed by atoms with Crippen LogP contribution in [0.25, 0.3) is 0 Å². The Morgan fingerprint density at radius 1 is 1.12 bits per heavy atom. The molecule has 0 aliphatic carbocycles. The summed E-state index contributed by atoms with van der Waals surface area (Å²) in [4.78, 5) is 60.5. The number of aliphatic hydroxyl groups is 1. The van der Waals surface area contributed by atoms with Crippen molar-refractivity contribution in [3.63, 3.8) is 0 Å². The van der Waals surface area contributed by atoms with E-state index >= 15 is 0 Å². The van der Waals surface area contributed by atoms with Gasteiger partial charge in [-0.15, -0.1) is 13.0 Å². The number of rotatable bonds is 8. The number of aliphatic hydroxyl groups excluding tert-OH is 1. The van der Waals surface area contributed by atoms with Gasteiger partial charge in [-0.05, 0) is 61.1 Å². The maximum Gasteiger partial charge on any atom is 0.324 e. The molecule has 0 aromatic heterocycles. The molecule has 0 bridgehead atoms. The highest BCUT2D eigenvalue weighted by atomic mass is 16.7. The van der Waals surface area contributed by atoms with E-state index in [-0.39, 0.29) is 43.9 Å². The van der Waals surface area contributed by atoms with Crippen LogP contribution in [0.15, 0.2) is 12.7 Å². The Kier molecular flexibility index (Phi) is 12.1. The first kappa shape index (κ1) is 40.1. The Hall–Kier alpha value is -2.66. The third-order valence-corrected chi connectivity index (χ3v) is 11.8. The van der Waals surface area contributed by atoms with Crippen LogP contribution in [0.1, 0.15) is 74.7 Å². The van der Waals surface area contributed by atoms with Crippen LogP contribution in [0.4, 0.5) is 0 Å². The van der Waals surface area contributed by atoms with Gasteiger partial charge in [0.25, 0.3) is 0 Å². The van der Waals surface area contributed by atoms with E-state index in [4.69, 9.17) is 30.1 Å². The molecule has 0 aromatic rings. The first-order valence-corrected chi connectivity index (χ1v) is 17.9. The third-order valence-electron chi connectivity index (χ3n) is 11.8. The van der Waals surface area contributed by atoms with Crippen LogP contribution in [0, 0.1) is 41.4 Å². The van der Waals surface area contributed by atoms with Gasteiger partial charge in [0, 0.05) is 42.3 Å². The normalized spacial score (nSPS) is 44.7. The van der Waals surface area contributed by atoms with Gasteiger partial charge in [0.15, 0.2) is 17.7 Å². The topological polar surface area (TPSA) is 141 Å². The van der Waals surface area contributed by atoms with Crippen molar-refractivity contribution in [3.8, 4) is 12.3 Å². The molecule has 4 heterocycles. The predicted molar refractivity (Wildman–Crippen MR) is 184 cm³/mol. The summed E-state index contributed by atoms with van der Waals surface area (Å²) >= 11 is 0. The van der Waals surface area contributed by atoms with Gasteiger partial charge in [0.1, 0.15) is 36.6 Å². The van der Waals surface area contributed by atoms with E-state index in [0.717, 1.165) is 0 Å². The summed E-state index contributed by atoms with van der Waals surface area (Å²) < 4.78 is 31.3. The Labute approximate surface area is 297 Å². The molecule has 280 valence electrons. The zero-order valence-electron chi connectivity index (χ0n) is 31.5. The van der Waals surface area contributed by atoms with E-state index in [0.29, 0.717) is 13.0 Å². The smallest absolute Gasteiger partial charge is 0.324 e. The Balaban J connectivity index is 1.88. The summed E-state index contributed by atoms with van der Waals surface area (Å²) in [7, 11) is 3.72. The lowest BCUT2D eigenvalue weighted by molar-refractivity contribution is -0.296. The number of carbonyl (C=O) groups is 4. The average Bonchev–Trinajstić information content (AvgIpc) is 3.52. The van der Waals surface area contributed by atoms with Crippen LogP contribution in [0.5, 0.6) is 0 Å². The van der Waals surface area contributed by atoms with Crippen LogP contribution >= 0.6 is 0 Å². The molecular weight excluding hydrogens is 644 g/mol. The fraction of sp³-hybridized carbons (Fsp3) is 0.789. The van der Waals surface area contributed by atoms with E-state index in [2.05, 4.69) is 12.5 Å². The zero-order valence-corrected chi connectivity index (χ0v) is 31.5. The number of Topliss-reactive ketones (excluding diaryl/α,β-unsaturated/α-hetero) is 2. The van der Waals surface area contributed by atoms with Crippen LogP contribution in [-0.4, -0.2) is 126 Å². The highest BCUT2D eigenvalue weighted by Crippen LogP contribution is 2.56. The molecular formula is C38H58N2O10. The van der Waals surface area contributed by atoms with Crippen molar-refractivity contribution in [2.75, 3.05) is 33.8 Å². The minimum Gasteiger partial charge on any atom is -0.458 e. The molecule has 4 fully saturated rings. The summed E-state index contributed by atoms with van der Waals surface area (Å²) in [5, 5.41) is 11.4. The molecule has 14 atom stereocenters. The molecule has 0 saturated carbocycles. The van der Waals surface area contributed by atoms with Crippen LogP contribution in [-0.2, 0) is 42.9 Å². The standard InChI is InChI=1S/C38H58N2O10/c1-13-16-40-20-36(8)30-27(40)34(45)50-38(30,10)26(15-3)48-33(44)24(7)28(41)23(6)32(37(9,46-17-14-2)19-21(4)31(36)43)49-35-29(42)25(39(11)12)18-22(5)47-35/h2,13,21-27,29-30,32,35,42H,1,15-20H2,3-12H3/t21-,22-,23+,24-,25+,26-,27?,29-,30?,32-,35+,36?,37+,38-/m1/s1. The fourth-order valence-electron chi connectivity index (χ4n) is 9.42. The maximum absolute atomic E-state index is 15.0. The highest BCUT2D eigenvalue weighted by molar-refractivity contribution is 6.00. The minimum atomic E-state index is -1.38. The average molecular weight is 703 g/mol. The largest absolute Gasteiger partial charge is 0.458 e. The molecule has 0 radical (unpaired) electrons. The van der Waals surface area contributed by atoms with Gasteiger partial charge in [-0.1, -0.05) is 39.7 Å². The molecule has 0 aromatic carbocycles. The second-order valence-corrected chi connectivity index (χ2v) is 15.8. The van der Waals surface area contributed by atoms with Gasteiger partial charge in [-0.2, -0.15) is 0 Å². The van der Waals surface area contributed by atoms with E-state index in [1.165, 1.54) is 6.92 Å². The minimum absolute atomic E-state index is 0.0707. The number of ketones is 2. The van der Waals surface area contributed by atoms with E-state index in [1.54, 1.807) is 33.8 Å². The molecule has 4 saturated heterocycles. The number of likely N-dealkylation sites (tertiary alicyclic amines) is 1. The van der Waals surface area contributed by atoms with Crippen molar-refractivity contribution in [2.24, 2.45) is 29.1 Å². The van der Waals surface area contributed by atoms with Crippen molar-refractivity contribution in [1.29, 1.82) is 0 Å².